The van der Waals surface area contributed by atoms with E-state index in [-0.39, 0.29) is 31.4 Å². The van der Waals surface area contributed by atoms with Crippen molar-refractivity contribution in [3.63, 3.8) is 0 Å². The first-order valence-electron chi connectivity index (χ1n) is 14.7. The smallest absolute Gasteiger partial charge is 0.313 e. The van der Waals surface area contributed by atoms with Crippen molar-refractivity contribution in [3.05, 3.63) is 60.2 Å². The lowest BCUT2D eigenvalue weighted by Gasteiger charge is -2.42. The van der Waals surface area contributed by atoms with Gasteiger partial charge in [-0.3, -0.25) is 19.2 Å². The molecule has 1 spiro atoms. The van der Waals surface area contributed by atoms with Crippen molar-refractivity contribution in [3.8, 4) is 0 Å². The van der Waals surface area contributed by atoms with Crippen LogP contribution in [0.3, 0.4) is 0 Å². The van der Waals surface area contributed by atoms with Crippen LogP contribution in [0, 0.1) is 11.8 Å². The molecule has 5 rings (SSSR count). The van der Waals surface area contributed by atoms with Crippen molar-refractivity contribution in [1.82, 2.24) is 15.1 Å². The zero-order chi connectivity index (χ0) is 30.4. The highest BCUT2D eigenvalue weighted by Gasteiger charge is 2.74. The highest BCUT2D eigenvalue weighted by molar-refractivity contribution is 5.99. The van der Waals surface area contributed by atoms with Crippen LogP contribution in [0.1, 0.15) is 59.1 Å². The maximum Gasteiger partial charge on any atom is 0.313 e. The molecule has 226 valence electrons. The summed E-state index contributed by atoms with van der Waals surface area (Å²) < 4.78 is 12.6. The first kappa shape index (κ1) is 30.0. The third-order valence-electron chi connectivity index (χ3n) is 8.84. The molecule has 0 unspecified atom stereocenters. The van der Waals surface area contributed by atoms with Crippen molar-refractivity contribution in [2.24, 2.45) is 11.8 Å². The maximum absolute atomic E-state index is 14.5. The van der Waals surface area contributed by atoms with Crippen LogP contribution in [-0.2, 0) is 28.7 Å². The number of hydrogen-bond donors (Lipinski definition) is 2. The van der Waals surface area contributed by atoms with Crippen LogP contribution in [0.5, 0.6) is 0 Å². The summed E-state index contributed by atoms with van der Waals surface area (Å²) in [6, 6.07) is 6.84. The van der Waals surface area contributed by atoms with Crippen LogP contribution in [0.15, 0.2) is 54.6 Å². The third kappa shape index (κ3) is 5.04. The number of fused-ring (bicyclic) bond motifs is 2. The number of nitrogens with one attached hydrogen (secondary N) is 1. The summed E-state index contributed by atoms with van der Waals surface area (Å²) in [4.78, 5) is 58.6. The maximum atomic E-state index is 14.5. The predicted octanol–water partition coefficient (Wildman–Crippen LogP) is 2.28. The fourth-order valence-corrected chi connectivity index (χ4v) is 6.78. The fraction of sp³-hybridized carbons (Fsp3) is 0.562. The number of ether oxygens (including phenoxy) is 2. The number of aliphatic hydroxyl groups is 1. The molecule has 4 aliphatic heterocycles. The number of carbonyl (C=O) groups is 4. The van der Waals surface area contributed by atoms with Gasteiger partial charge in [-0.2, -0.15) is 0 Å². The molecule has 0 radical (unpaired) electrons. The minimum absolute atomic E-state index is 0.190. The van der Waals surface area contributed by atoms with E-state index in [1.165, 1.54) is 4.90 Å². The number of rotatable bonds is 3. The average Bonchev–Trinajstić information content (AvgIpc) is 3.59. The van der Waals surface area contributed by atoms with E-state index < -0.39 is 65.2 Å². The van der Waals surface area contributed by atoms with E-state index in [2.05, 4.69) is 5.32 Å². The van der Waals surface area contributed by atoms with E-state index in [1.807, 2.05) is 63.3 Å². The Morgan fingerprint density at radius 2 is 1.81 bits per heavy atom. The summed E-state index contributed by atoms with van der Waals surface area (Å²) in [5.74, 6) is -3.58. The van der Waals surface area contributed by atoms with E-state index in [1.54, 1.807) is 30.9 Å². The minimum Gasteiger partial charge on any atom is -0.455 e. The van der Waals surface area contributed by atoms with Crippen molar-refractivity contribution in [2.45, 2.75) is 88.9 Å². The number of carbonyl (C=O) groups excluding carboxylic acids is 4. The topological polar surface area (TPSA) is 125 Å². The molecule has 2 N–H and O–H groups in total. The van der Waals surface area contributed by atoms with Gasteiger partial charge in [-0.1, -0.05) is 54.6 Å². The molecule has 0 saturated carbocycles. The van der Waals surface area contributed by atoms with Gasteiger partial charge in [-0.15, -0.1) is 0 Å². The third-order valence-corrected chi connectivity index (χ3v) is 8.84. The number of amides is 3. The summed E-state index contributed by atoms with van der Waals surface area (Å²) >= 11 is 0. The van der Waals surface area contributed by atoms with Gasteiger partial charge in [0.05, 0.1) is 30.7 Å². The van der Waals surface area contributed by atoms with E-state index in [0.717, 1.165) is 0 Å². The quantitative estimate of drug-likeness (QED) is 0.416. The SMILES string of the molecule is C[C@@H]1NC(=O)CC/C=C\CN(C(C)(C)C)C(=O)[C@H]2N([C@H](C)CO)C(=O)[C@@H]3[C@@H](C(=O)O[C@H]1c1ccccc1)[C@H]1C=C[C@]32O1. The lowest BCUT2D eigenvalue weighted by molar-refractivity contribution is -0.162. The predicted molar refractivity (Wildman–Crippen MR) is 154 cm³/mol. The lowest BCUT2D eigenvalue weighted by atomic mass is 9.74. The van der Waals surface area contributed by atoms with Gasteiger partial charge in [0.15, 0.2) is 0 Å². The molecule has 2 fully saturated rings. The molecule has 4 heterocycles. The van der Waals surface area contributed by atoms with Crippen molar-refractivity contribution in [1.29, 1.82) is 0 Å². The summed E-state index contributed by atoms with van der Waals surface area (Å²) in [7, 11) is 0. The normalized spacial score (nSPS) is 35.2. The number of allylic oxidation sites excluding steroid dienone is 1. The Kier molecular flexibility index (Phi) is 8.06. The Morgan fingerprint density at radius 3 is 2.48 bits per heavy atom. The number of nitrogens with zero attached hydrogens (tertiary/aromatic N) is 2. The molecule has 5 bridgehead atoms. The molecule has 0 aromatic heterocycles. The van der Waals surface area contributed by atoms with Gasteiger partial charge in [-0.05, 0) is 46.6 Å². The largest absolute Gasteiger partial charge is 0.455 e. The standard InChI is InChI=1S/C32H41N3O7/c1-19(18-36)35-27-29(39)34(31(3,4)5)17-11-7-10-14-23(37)33-20(2)26(21-12-8-6-9-13-21)41-30(40)24-22-15-16-32(27,42-22)25(24)28(35)38/h6-9,11-13,15-16,19-20,22,24-27,36H,10,14,17-18H2,1-5H3,(H,33,37)/b11-7-/t19-,20+,22-,24+,25+,26-,27-,32+/m1/s1. The van der Waals surface area contributed by atoms with Crippen LogP contribution >= 0.6 is 0 Å². The second kappa shape index (κ2) is 11.3. The molecular formula is C32H41N3O7. The van der Waals surface area contributed by atoms with Crippen molar-refractivity contribution < 1.29 is 33.8 Å². The Bertz CT molecular complexity index is 1290. The molecule has 8 atom stereocenters. The first-order chi connectivity index (χ1) is 19.9. The highest BCUT2D eigenvalue weighted by atomic mass is 16.6. The van der Waals surface area contributed by atoms with E-state index >= 15 is 0 Å². The average molecular weight is 580 g/mol. The second-order valence-corrected chi connectivity index (χ2v) is 12.7. The molecule has 0 aliphatic carbocycles. The van der Waals surface area contributed by atoms with Crippen LogP contribution in [0.25, 0.3) is 0 Å². The summed E-state index contributed by atoms with van der Waals surface area (Å²) in [5.41, 5.74) is -1.30. The Labute approximate surface area is 246 Å². The van der Waals surface area contributed by atoms with Crippen LogP contribution < -0.4 is 5.32 Å². The molecule has 10 heteroatoms. The number of benzene rings is 1. The Balaban J connectivity index is 1.61. The molecule has 1 aromatic rings. The Hall–Kier alpha value is -3.50. The zero-order valence-corrected chi connectivity index (χ0v) is 24.9. The highest BCUT2D eigenvalue weighted by Crippen LogP contribution is 2.56. The van der Waals surface area contributed by atoms with Gasteiger partial charge in [0.2, 0.25) is 17.7 Å². The number of hydrogen-bond acceptors (Lipinski definition) is 7. The van der Waals surface area contributed by atoms with Crippen LogP contribution in [0.2, 0.25) is 0 Å². The zero-order valence-electron chi connectivity index (χ0n) is 24.9. The number of esters is 1. The minimum atomic E-state index is -1.38. The summed E-state index contributed by atoms with van der Waals surface area (Å²) in [6.07, 6.45) is 6.33. The van der Waals surface area contributed by atoms with Crippen molar-refractivity contribution >= 4 is 23.7 Å². The monoisotopic (exact) mass is 579 g/mol. The number of likely N-dealkylation sites (tertiary alicyclic amines) is 1. The fourth-order valence-electron chi connectivity index (χ4n) is 6.78. The number of aliphatic hydroxyl groups excluding tert-OH is 1. The molecule has 10 nitrogen and oxygen atoms in total. The number of cyclic esters (lactones) is 1. The van der Waals surface area contributed by atoms with Crippen molar-refractivity contribution in [2.75, 3.05) is 13.2 Å². The van der Waals surface area contributed by atoms with Crippen LogP contribution in [-0.4, -0.2) is 87.1 Å². The van der Waals surface area contributed by atoms with Gasteiger partial charge in [0.1, 0.15) is 23.7 Å². The lowest BCUT2D eigenvalue weighted by Crippen LogP contribution is -2.61. The Morgan fingerprint density at radius 1 is 1.10 bits per heavy atom. The van der Waals surface area contributed by atoms with E-state index in [0.29, 0.717) is 12.0 Å². The molecule has 3 amide bonds. The second-order valence-electron chi connectivity index (χ2n) is 12.7. The molecule has 1 aromatic carbocycles. The van der Waals surface area contributed by atoms with Gasteiger partial charge < -0.3 is 29.7 Å². The van der Waals surface area contributed by atoms with E-state index in [4.69, 9.17) is 9.47 Å². The molecule has 4 aliphatic rings. The van der Waals surface area contributed by atoms with Gasteiger partial charge >= 0.3 is 5.97 Å². The van der Waals surface area contributed by atoms with E-state index in [9.17, 15) is 24.3 Å². The summed E-state index contributed by atoms with van der Waals surface area (Å²) in [5, 5.41) is 13.1. The van der Waals surface area contributed by atoms with Gasteiger partial charge in [0.25, 0.3) is 0 Å². The van der Waals surface area contributed by atoms with Gasteiger partial charge in [-0.25, -0.2) is 0 Å². The molecule has 42 heavy (non-hydrogen) atoms. The molecular weight excluding hydrogens is 538 g/mol. The summed E-state index contributed by atoms with van der Waals surface area (Å²) in [6.45, 7) is 9.10. The van der Waals surface area contributed by atoms with Gasteiger partial charge in [0, 0.05) is 18.5 Å². The molecule has 2 saturated heterocycles. The first-order valence-corrected chi connectivity index (χ1v) is 14.7. The van der Waals surface area contributed by atoms with Crippen LogP contribution in [0.4, 0.5) is 0 Å².